The van der Waals surface area contributed by atoms with Crippen LogP contribution < -0.4 is 0 Å². The molecule has 0 heterocycles. The van der Waals surface area contributed by atoms with Crippen LogP contribution in [0.3, 0.4) is 0 Å². The van der Waals surface area contributed by atoms with E-state index in [0.717, 1.165) is 6.42 Å². The fourth-order valence-electron chi connectivity index (χ4n) is 4.35. The summed E-state index contributed by atoms with van der Waals surface area (Å²) < 4.78 is 0. The summed E-state index contributed by atoms with van der Waals surface area (Å²) in [6.07, 6.45) is 13.4. The van der Waals surface area contributed by atoms with Gasteiger partial charge in [0.15, 0.2) is 0 Å². The van der Waals surface area contributed by atoms with Crippen LogP contribution in [0.1, 0.15) is 39.5 Å². The molecule has 86 valence electrons. The maximum atomic E-state index is 12.2. The maximum Gasteiger partial charge on any atom is 0.140 e. The summed E-state index contributed by atoms with van der Waals surface area (Å²) in [4.78, 5) is 12.2. The third kappa shape index (κ3) is 0.911. The minimum absolute atomic E-state index is 0.0467. The minimum atomic E-state index is -0.0467. The average Bonchev–Trinajstić information content (AvgIpc) is 2.80. The SMILES string of the molecule is CCCC[C@@H]1CC(=O)C2(C)C3C=CC=CC312. The first-order valence-corrected chi connectivity index (χ1v) is 6.57. The van der Waals surface area contributed by atoms with Crippen LogP contribution in [0.2, 0.25) is 0 Å². The number of ketones is 1. The highest BCUT2D eigenvalue weighted by Gasteiger charge is 2.80. The van der Waals surface area contributed by atoms with E-state index in [9.17, 15) is 4.79 Å². The molecule has 0 amide bonds. The molecular weight excluding hydrogens is 196 g/mol. The van der Waals surface area contributed by atoms with Crippen LogP contribution in [0.4, 0.5) is 0 Å². The van der Waals surface area contributed by atoms with Gasteiger partial charge in [0.05, 0.1) is 0 Å². The van der Waals surface area contributed by atoms with E-state index in [1.54, 1.807) is 0 Å². The number of Topliss-reactive ketones (excluding diaryl/α,β-unsaturated/α-hetero) is 1. The van der Waals surface area contributed by atoms with Crippen LogP contribution in [0, 0.1) is 22.7 Å². The fourth-order valence-corrected chi connectivity index (χ4v) is 4.35. The van der Waals surface area contributed by atoms with Crippen LogP contribution in [-0.4, -0.2) is 5.78 Å². The second-order valence-electron chi connectivity index (χ2n) is 5.82. The lowest BCUT2D eigenvalue weighted by atomic mass is 9.81. The normalized spacial score (nSPS) is 48.0. The van der Waals surface area contributed by atoms with Gasteiger partial charge in [-0.1, -0.05) is 51.0 Å². The monoisotopic (exact) mass is 216 g/mol. The van der Waals surface area contributed by atoms with Crippen molar-refractivity contribution in [3.63, 3.8) is 0 Å². The molecule has 3 rings (SSSR count). The Morgan fingerprint density at radius 3 is 3.00 bits per heavy atom. The Bertz CT molecular complexity index is 392. The van der Waals surface area contributed by atoms with Crippen molar-refractivity contribution in [1.82, 2.24) is 0 Å². The first-order chi connectivity index (χ1) is 7.68. The Morgan fingerprint density at radius 2 is 2.25 bits per heavy atom. The van der Waals surface area contributed by atoms with Crippen LogP contribution in [0.5, 0.6) is 0 Å². The molecule has 2 fully saturated rings. The van der Waals surface area contributed by atoms with Crippen molar-refractivity contribution >= 4 is 5.78 Å². The Kier molecular flexibility index (Phi) is 1.99. The lowest BCUT2D eigenvalue weighted by molar-refractivity contribution is -0.122. The lowest BCUT2D eigenvalue weighted by Crippen LogP contribution is -2.15. The summed E-state index contributed by atoms with van der Waals surface area (Å²) in [5, 5.41) is 0. The van der Waals surface area contributed by atoms with Crippen molar-refractivity contribution in [2.24, 2.45) is 22.7 Å². The molecule has 0 aliphatic heterocycles. The number of hydrogen-bond acceptors (Lipinski definition) is 1. The van der Waals surface area contributed by atoms with Crippen molar-refractivity contribution in [3.8, 4) is 0 Å². The highest BCUT2D eigenvalue weighted by Crippen LogP contribution is 2.80. The zero-order valence-electron chi connectivity index (χ0n) is 10.2. The van der Waals surface area contributed by atoms with E-state index in [0.29, 0.717) is 17.6 Å². The topological polar surface area (TPSA) is 17.1 Å². The molecule has 0 saturated heterocycles. The summed E-state index contributed by atoms with van der Waals surface area (Å²) in [5.74, 6) is 1.62. The standard InChI is InChI=1S/C15H20O/c1-3-4-7-11-10-13(16)14(2)12-8-5-6-9-15(11,12)14/h5-6,8-9,11-12H,3-4,7,10H2,1-2H3/t11-,12?,14?,15?/m1/s1. The Labute approximate surface area is 97.6 Å². The van der Waals surface area contributed by atoms with Crippen molar-refractivity contribution in [2.75, 3.05) is 0 Å². The van der Waals surface area contributed by atoms with Crippen molar-refractivity contribution in [1.29, 1.82) is 0 Å². The zero-order valence-corrected chi connectivity index (χ0v) is 10.2. The molecule has 2 saturated carbocycles. The summed E-state index contributed by atoms with van der Waals surface area (Å²) in [5.41, 5.74) is 0.170. The van der Waals surface area contributed by atoms with E-state index in [4.69, 9.17) is 0 Å². The number of hydrogen-bond donors (Lipinski definition) is 0. The molecule has 1 heteroatoms. The largest absolute Gasteiger partial charge is 0.299 e. The van der Waals surface area contributed by atoms with Gasteiger partial charge >= 0.3 is 0 Å². The number of fused-ring (bicyclic) bond motifs is 1. The molecule has 0 aromatic rings. The average molecular weight is 216 g/mol. The van der Waals surface area contributed by atoms with Crippen LogP contribution in [0.15, 0.2) is 24.3 Å². The molecule has 3 aliphatic carbocycles. The number of rotatable bonds is 3. The van der Waals surface area contributed by atoms with Gasteiger partial charge in [0.1, 0.15) is 5.78 Å². The quantitative estimate of drug-likeness (QED) is 0.705. The smallest absolute Gasteiger partial charge is 0.140 e. The first kappa shape index (κ1) is 10.3. The molecule has 1 nitrogen and oxygen atoms in total. The van der Waals surface area contributed by atoms with Crippen molar-refractivity contribution < 1.29 is 4.79 Å². The predicted molar refractivity (Wildman–Crippen MR) is 64.9 cm³/mol. The van der Waals surface area contributed by atoms with Gasteiger partial charge in [-0.05, 0) is 12.3 Å². The van der Waals surface area contributed by atoms with Gasteiger partial charge in [-0.3, -0.25) is 4.79 Å². The molecule has 0 aromatic carbocycles. The summed E-state index contributed by atoms with van der Waals surface area (Å²) in [6, 6.07) is 0. The Morgan fingerprint density at radius 1 is 1.44 bits per heavy atom. The van der Waals surface area contributed by atoms with Crippen LogP contribution in [0.25, 0.3) is 0 Å². The lowest BCUT2D eigenvalue weighted by Gasteiger charge is -2.22. The highest BCUT2D eigenvalue weighted by molar-refractivity contribution is 5.94. The van der Waals surface area contributed by atoms with Crippen LogP contribution in [-0.2, 0) is 4.79 Å². The molecule has 16 heavy (non-hydrogen) atoms. The van der Waals surface area contributed by atoms with Gasteiger partial charge in [-0.15, -0.1) is 0 Å². The molecule has 3 aliphatic rings. The fraction of sp³-hybridized carbons (Fsp3) is 0.667. The molecule has 0 radical (unpaired) electrons. The van der Waals surface area contributed by atoms with E-state index in [2.05, 4.69) is 38.2 Å². The third-order valence-electron chi connectivity index (χ3n) is 5.33. The van der Waals surface area contributed by atoms with E-state index >= 15 is 0 Å². The maximum absolute atomic E-state index is 12.2. The second-order valence-corrected chi connectivity index (χ2v) is 5.82. The third-order valence-corrected chi connectivity index (χ3v) is 5.33. The Hall–Kier alpha value is -0.850. The van der Waals surface area contributed by atoms with Crippen molar-refractivity contribution in [2.45, 2.75) is 39.5 Å². The zero-order chi connectivity index (χ0) is 11.4. The van der Waals surface area contributed by atoms with Gasteiger partial charge in [-0.2, -0.15) is 0 Å². The predicted octanol–water partition coefficient (Wildman–Crippen LogP) is 3.51. The molecule has 3 unspecified atom stereocenters. The van der Waals surface area contributed by atoms with Crippen molar-refractivity contribution in [3.05, 3.63) is 24.3 Å². The van der Waals surface area contributed by atoms with Gasteiger partial charge in [0.2, 0.25) is 0 Å². The van der Waals surface area contributed by atoms with Gasteiger partial charge in [-0.25, -0.2) is 0 Å². The summed E-state index contributed by atoms with van der Waals surface area (Å²) >= 11 is 0. The molecular formula is C15H20O. The highest BCUT2D eigenvalue weighted by atomic mass is 16.1. The van der Waals surface area contributed by atoms with Crippen LogP contribution >= 0.6 is 0 Å². The van der Waals surface area contributed by atoms with Gasteiger partial charge < -0.3 is 0 Å². The van der Waals surface area contributed by atoms with E-state index in [-0.39, 0.29) is 10.8 Å². The molecule has 1 spiro atoms. The Balaban J connectivity index is 1.92. The summed E-state index contributed by atoms with van der Waals surface area (Å²) in [6.45, 7) is 4.42. The molecule has 0 aromatic heterocycles. The number of allylic oxidation sites excluding steroid dienone is 4. The van der Waals surface area contributed by atoms with E-state index < -0.39 is 0 Å². The van der Waals surface area contributed by atoms with E-state index in [1.165, 1.54) is 19.3 Å². The second kappa shape index (κ2) is 3.09. The number of carbonyl (C=O) groups excluding carboxylic acids is 1. The van der Waals surface area contributed by atoms with Gasteiger partial charge in [0.25, 0.3) is 0 Å². The van der Waals surface area contributed by atoms with Gasteiger partial charge in [0, 0.05) is 23.2 Å². The summed E-state index contributed by atoms with van der Waals surface area (Å²) in [7, 11) is 0. The van der Waals surface area contributed by atoms with E-state index in [1.807, 2.05) is 0 Å². The number of carbonyl (C=O) groups is 1. The molecule has 0 bridgehead atoms. The molecule has 0 N–H and O–H groups in total. The number of unbranched alkanes of at least 4 members (excludes halogenated alkanes) is 1. The first-order valence-electron chi connectivity index (χ1n) is 6.57. The molecule has 4 atom stereocenters. The minimum Gasteiger partial charge on any atom is -0.299 e.